The van der Waals surface area contributed by atoms with Crippen LogP contribution in [0.15, 0.2) is 18.5 Å². The zero-order valence-electron chi connectivity index (χ0n) is 26.4. The van der Waals surface area contributed by atoms with Crippen molar-refractivity contribution >= 4 is 17.4 Å². The Kier molecular flexibility index (Phi) is 9.64. The lowest BCUT2D eigenvalue weighted by molar-refractivity contribution is -0.139. The summed E-state index contributed by atoms with van der Waals surface area (Å²) < 4.78 is 92.4. The van der Waals surface area contributed by atoms with Crippen molar-refractivity contribution in [1.29, 1.82) is 5.26 Å². The molecular weight excluding hydrogens is 628 g/mol. The van der Waals surface area contributed by atoms with Gasteiger partial charge in [0.2, 0.25) is 0 Å². The summed E-state index contributed by atoms with van der Waals surface area (Å²) >= 11 is 0. The number of hydrogen-bond acceptors (Lipinski definition) is 8. The first-order valence-corrected chi connectivity index (χ1v) is 15.4. The monoisotopic (exact) mass is 665 g/mol. The SMILES string of the molecule is C=C(F)C(=O)N1CCN(c2nc(OCN3C[C@H](F)C[C@@H]3C)nc3c2C[C@H](C)[C@@H](c2c(F)c(N)cc(C)c2C(F)(F)F)C3)C[C@@H]1CC#N. The van der Waals surface area contributed by atoms with Gasteiger partial charge in [-0.15, -0.1) is 0 Å². The van der Waals surface area contributed by atoms with Gasteiger partial charge in [0.15, 0.2) is 5.83 Å². The number of rotatable bonds is 7. The van der Waals surface area contributed by atoms with E-state index in [2.05, 4.69) is 16.5 Å². The maximum absolute atomic E-state index is 15.6. The van der Waals surface area contributed by atoms with Crippen LogP contribution in [-0.2, 0) is 23.8 Å². The summed E-state index contributed by atoms with van der Waals surface area (Å²) in [5.74, 6) is -4.24. The van der Waals surface area contributed by atoms with Gasteiger partial charge in [-0.25, -0.2) is 13.2 Å². The standard InChI is InChI=1S/C32H37F6N7O2/c1-16-9-23-25(12-22(16)26-27(32(36,37)38)17(2)10-24(40)28(26)35)41-31(47-15-44-13-20(34)11-18(44)3)42-29(23)43-7-8-45(30(46)19(4)33)21(14-43)5-6-39/h10,16,18,20-22H,4-5,7-9,11-15,40H2,1-3H3/t16-,18-,20+,21-,22-/m0/s1. The highest BCUT2D eigenvalue weighted by molar-refractivity contribution is 5.91. The van der Waals surface area contributed by atoms with Crippen molar-refractivity contribution in [3.8, 4) is 12.1 Å². The molecule has 0 radical (unpaired) electrons. The lowest BCUT2D eigenvalue weighted by atomic mass is 9.73. The van der Waals surface area contributed by atoms with Crippen molar-refractivity contribution < 1.29 is 35.9 Å². The summed E-state index contributed by atoms with van der Waals surface area (Å²) in [6, 6.07) is 2.09. The van der Waals surface area contributed by atoms with E-state index in [1.54, 1.807) is 11.8 Å². The molecule has 47 heavy (non-hydrogen) atoms. The normalized spacial score (nSPS) is 25.0. The predicted octanol–water partition coefficient (Wildman–Crippen LogP) is 5.23. The van der Waals surface area contributed by atoms with E-state index >= 15 is 4.39 Å². The fourth-order valence-corrected chi connectivity index (χ4v) is 7.13. The van der Waals surface area contributed by atoms with Crippen molar-refractivity contribution in [2.24, 2.45) is 5.92 Å². The first kappa shape index (κ1) is 34.3. The zero-order valence-corrected chi connectivity index (χ0v) is 26.4. The molecule has 1 amide bonds. The van der Waals surface area contributed by atoms with Crippen LogP contribution in [0.25, 0.3) is 0 Å². The second kappa shape index (κ2) is 13.2. The number of amides is 1. The summed E-state index contributed by atoms with van der Waals surface area (Å²) in [5.41, 5.74) is 4.65. The van der Waals surface area contributed by atoms with Gasteiger partial charge in [-0.3, -0.25) is 9.69 Å². The molecule has 1 aromatic heterocycles. The first-order chi connectivity index (χ1) is 22.1. The van der Waals surface area contributed by atoms with Crippen molar-refractivity contribution in [3.63, 3.8) is 0 Å². The van der Waals surface area contributed by atoms with E-state index < -0.39 is 58.9 Å². The van der Waals surface area contributed by atoms with Gasteiger partial charge in [0.05, 0.1) is 35.5 Å². The number of piperazine rings is 1. The molecule has 0 bridgehead atoms. The number of aromatic nitrogens is 2. The highest BCUT2D eigenvalue weighted by Crippen LogP contribution is 2.47. The number of nitrogens with two attached hydrogens (primary N) is 1. The Morgan fingerprint density at radius 3 is 2.55 bits per heavy atom. The van der Waals surface area contributed by atoms with Crippen LogP contribution in [0.5, 0.6) is 6.01 Å². The zero-order chi connectivity index (χ0) is 34.4. The van der Waals surface area contributed by atoms with Gasteiger partial charge in [0.1, 0.15) is 24.5 Å². The van der Waals surface area contributed by atoms with Crippen LogP contribution in [0.4, 0.5) is 37.8 Å². The quantitative estimate of drug-likeness (QED) is 0.243. The van der Waals surface area contributed by atoms with Gasteiger partial charge in [0.25, 0.3) is 5.91 Å². The second-order valence-electron chi connectivity index (χ2n) is 12.7. The van der Waals surface area contributed by atoms with Gasteiger partial charge in [-0.2, -0.15) is 28.4 Å². The molecule has 1 aliphatic carbocycles. The number of halogens is 6. The molecule has 1 aromatic carbocycles. The highest BCUT2D eigenvalue weighted by atomic mass is 19.4. The maximum atomic E-state index is 15.6. The Balaban J connectivity index is 1.56. The van der Waals surface area contributed by atoms with Crippen LogP contribution >= 0.6 is 0 Å². The number of nitriles is 1. The third-order valence-corrected chi connectivity index (χ3v) is 9.47. The van der Waals surface area contributed by atoms with Crippen LogP contribution < -0.4 is 15.4 Å². The van der Waals surface area contributed by atoms with Crippen LogP contribution in [0.3, 0.4) is 0 Å². The summed E-state index contributed by atoms with van der Waals surface area (Å²) in [6.45, 7) is 8.37. The molecule has 2 fully saturated rings. The molecule has 0 saturated carbocycles. The van der Waals surface area contributed by atoms with Crippen molar-refractivity contribution in [3.05, 3.63) is 52.2 Å². The molecular formula is C32H37F6N7O2. The molecule has 9 nitrogen and oxygen atoms in total. The molecule has 2 aliphatic heterocycles. The number of carbonyl (C=O) groups excluding carboxylic acids is 1. The number of anilines is 2. The number of aryl methyl sites for hydroxylation is 1. The minimum Gasteiger partial charge on any atom is -0.447 e. The molecule has 0 spiro atoms. The van der Waals surface area contributed by atoms with Crippen LogP contribution in [0.2, 0.25) is 0 Å². The van der Waals surface area contributed by atoms with E-state index in [1.165, 1.54) is 11.8 Å². The van der Waals surface area contributed by atoms with E-state index in [1.807, 2.05) is 17.9 Å². The minimum absolute atomic E-state index is 0.0428. The van der Waals surface area contributed by atoms with Crippen LogP contribution in [-0.4, -0.2) is 76.8 Å². The van der Waals surface area contributed by atoms with E-state index in [0.29, 0.717) is 23.5 Å². The average molecular weight is 666 g/mol. The molecule has 2 N–H and O–H groups in total. The number of fused-ring (bicyclic) bond motifs is 1. The minimum atomic E-state index is -4.84. The number of alkyl halides is 4. The van der Waals surface area contributed by atoms with Crippen molar-refractivity contribution in [2.75, 3.05) is 43.5 Å². The third-order valence-electron chi connectivity index (χ3n) is 9.47. The molecule has 2 saturated heterocycles. The van der Waals surface area contributed by atoms with Gasteiger partial charge in [0, 0.05) is 43.3 Å². The molecule has 2 aromatic rings. The van der Waals surface area contributed by atoms with E-state index in [9.17, 15) is 32.0 Å². The summed E-state index contributed by atoms with van der Waals surface area (Å²) in [4.78, 5) is 26.6. The fourth-order valence-electron chi connectivity index (χ4n) is 7.13. The Hall–Kier alpha value is -4.06. The molecule has 5 rings (SSSR count). The van der Waals surface area contributed by atoms with Gasteiger partial charge >= 0.3 is 12.2 Å². The number of nitrogens with zero attached hydrogens (tertiary/aromatic N) is 6. The summed E-state index contributed by atoms with van der Waals surface area (Å²) in [7, 11) is 0. The Morgan fingerprint density at radius 1 is 1.21 bits per heavy atom. The first-order valence-electron chi connectivity index (χ1n) is 15.4. The summed E-state index contributed by atoms with van der Waals surface area (Å²) in [5, 5.41) is 9.46. The largest absolute Gasteiger partial charge is 0.447 e. The van der Waals surface area contributed by atoms with Gasteiger partial charge < -0.3 is 20.3 Å². The molecule has 15 heteroatoms. The number of likely N-dealkylation sites (tertiary alicyclic amines) is 1. The second-order valence-corrected chi connectivity index (χ2v) is 12.7. The Labute approximate surface area is 269 Å². The molecule has 3 aliphatic rings. The van der Waals surface area contributed by atoms with Crippen molar-refractivity contribution in [1.82, 2.24) is 19.8 Å². The number of benzene rings is 1. The van der Waals surface area contributed by atoms with Crippen LogP contribution in [0.1, 0.15) is 60.6 Å². The van der Waals surface area contributed by atoms with Crippen LogP contribution in [0, 0.1) is 30.0 Å². The number of hydrogen-bond donors (Lipinski definition) is 1. The van der Waals surface area contributed by atoms with Gasteiger partial charge in [-0.05, 0) is 56.6 Å². The number of nitrogen functional groups attached to an aromatic ring is 1. The lowest BCUT2D eigenvalue weighted by Gasteiger charge is -2.42. The number of carbonyl (C=O) groups is 1. The molecule has 3 heterocycles. The van der Waals surface area contributed by atoms with E-state index in [-0.39, 0.29) is 75.5 Å². The topological polar surface area (TPSA) is 112 Å². The van der Waals surface area contributed by atoms with Crippen molar-refractivity contribution in [2.45, 2.75) is 76.8 Å². The van der Waals surface area contributed by atoms with E-state index in [0.717, 1.165) is 6.07 Å². The fraction of sp³-hybridized carbons (Fsp3) is 0.562. The molecule has 254 valence electrons. The molecule has 0 unspecified atom stereocenters. The third kappa shape index (κ3) is 6.83. The average Bonchev–Trinajstić information content (AvgIpc) is 3.32. The smallest absolute Gasteiger partial charge is 0.417 e. The Morgan fingerprint density at radius 2 is 1.94 bits per heavy atom. The molecule has 5 atom stereocenters. The van der Waals surface area contributed by atoms with Gasteiger partial charge in [-0.1, -0.05) is 13.5 Å². The summed E-state index contributed by atoms with van der Waals surface area (Å²) in [6.07, 6.45) is -5.53. The lowest BCUT2D eigenvalue weighted by Crippen LogP contribution is -2.55. The Bertz CT molecular complexity index is 1600. The van der Waals surface area contributed by atoms with E-state index in [4.69, 9.17) is 10.5 Å². The predicted molar refractivity (Wildman–Crippen MR) is 161 cm³/mol. The number of ether oxygens (including phenoxy) is 1. The maximum Gasteiger partial charge on any atom is 0.417 e. The highest BCUT2D eigenvalue weighted by Gasteiger charge is 2.43.